The second-order valence-electron chi connectivity index (χ2n) is 5.32. The fourth-order valence-electron chi connectivity index (χ4n) is 2.90. The van der Waals surface area contributed by atoms with Gasteiger partial charge in [0, 0.05) is 6.42 Å². The van der Waals surface area contributed by atoms with Crippen LogP contribution < -0.4 is 4.31 Å². The molecule has 2 aromatic rings. The molecule has 0 radical (unpaired) electrons. The fourth-order valence-corrected chi connectivity index (χ4v) is 4.09. The lowest BCUT2D eigenvalue weighted by molar-refractivity contribution is 0.588. The number of benzene rings is 2. The number of nitrogens with zero attached hydrogens (tertiary/aromatic N) is 1. The van der Waals surface area contributed by atoms with Crippen molar-refractivity contribution in [2.75, 3.05) is 10.6 Å². The lowest BCUT2D eigenvalue weighted by atomic mass is 10.0. The van der Waals surface area contributed by atoms with Crippen molar-refractivity contribution in [2.24, 2.45) is 0 Å². The second-order valence-corrected chi connectivity index (χ2v) is 7.18. The van der Waals surface area contributed by atoms with Gasteiger partial charge in [0.1, 0.15) is 0 Å². The van der Waals surface area contributed by atoms with E-state index in [0.717, 1.165) is 28.8 Å². The number of fused-ring (bicyclic) bond motifs is 1. The van der Waals surface area contributed by atoms with Gasteiger partial charge in [-0.15, -0.1) is 0 Å². The van der Waals surface area contributed by atoms with Gasteiger partial charge in [0.2, 0.25) is 10.0 Å². The quantitative estimate of drug-likeness (QED) is 0.851. The molecule has 0 N–H and O–H groups in total. The van der Waals surface area contributed by atoms with Crippen LogP contribution in [0.5, 0.6) is 0 Å². The SMILES string of the molecule is Cc1cccc(C2Cc3ccccc3N2S(C)(=O)=O)c1. The standard InChI is InChI=1S/C16H17NO2S/c1-12-6-5-8-13(10-12)16-11-14-7-3-4-9-15(14)17(16)20(2,18)19/h3-10,16H,11H2,1-2H3. The topological polar surface area (TPSA) is 37.4 Å². The Labute approximate surface area is 119 Å². The predicted molar refractivity (Wildman–Crippen MR) is 81.4 cm³/mol. The monoisotopic (exact) mass is 287 g/mol. The Kier molecular flexibility index (Phi) is 3.05. The molecule has 0 saturated heterocycles. The van der Waals surface area contributed by atoms with E-state index in [1.165, 1.54) is 6.26 Å². The summed E-state index contributed by atoms with van der Waals surface area (Å²) in [5.74, 6) is 0. The smallest absolute Gasteiger partial charge is 0.232 e. The second kappa shape index (κ2) is 4.63. The lowest BCUT2D eigenvalue weighted by Crippen LogP contribution is -2.31. The molecule has 3 nitrogen and oxygen atoms in total. The number of para-hydroxylation sites is 1. The van der Waals surface area contributed by atoms with Gasteiger partial charge in [-0.2, -0.15) is 0 Å². The van der Waals surface area contributed by atoms with Crippen LogP contribution in [0.3, 0.4) is 0 Å². The molecule has 20 heavy (non-hydrogen) atoms. The maximum Gasteiger partial charge on any atom is 0.232 e. The first-order valence-corrected chi connectivity index (χ1v) is 8.45. The molecule has 0 amide bonds. The van der Waals surface area contributed by atoms with Crippen LogP contribution in [0.4, 0.5) is 5.69 Å². The molecule has 1 unspecified atom stereocenters. The first kappa shape index (κ1) is 13.2. The van der Waals surface area contributed by atoms with E-state index in [9.17, 15) is 8.42 Å². The molecule has 0 saturated carbocycles. The molecule has 3 rings (SSSR count). The average molecular weight is 287 g/mol. The molecular formula is C16H17NO2S. The highest BCUT2D eigenvalue weighted by atomic mass is 32.2. The van der Waals surface area contributed by atoms with Gasteiger partial charge in [0.05, 0.1) is 18.0 Å². The summed E-state index contributed by atoms with van der Waals surface area (Å²) in [7, 11) is -3.29. The van der Waals surface area contributed by atoms with Gasteiger partial charge in [0.25, 0.3) is 0 Å². The third-order valence-electron chi connectivity index (χ3n) is 3.71. The van der Waals surface area contributed by atoms with Gasteiger partial charge in [0.15, 0.2) is 0 Å². The number of anilines is 1. The van der Waals surface area contributed by atoms with Crippen LogP contribution in [-0.2, 0) is 16.4 Å². The van der Waals surface area contributed by atoms with Crippen molar-refractivity contribution in [3.05, 3.63) is 65.2 Å². The molecule has 0 aliphatic carbocycles. The Hall–Kier alpha value is -1.81. The summed E-state index contributed by atoms with van der Waals surface area (Å²) < 4.78 is 25.9. The Morgan fingerprint density at radius 2 is 1.85 bits per heavy atom. The Morgan fingerprint density at radius 1 is 1.10 bits per heavy atom. The summed E-state index contributed by atoms with van der Waals surface area (Å²) >= 11 is 0. The van der Waals surface area contributed by atoms with E-state index in [1.807, 2.05) is 49.4 Å². The zero-order valence-corrected chi connectivity index (χ0v) is 12.4. The minimum absolute atomic E-state index is 0.137. The van der Waals surface area contributed by atoms with E-state index in [1.54, 1.807) is 4.31 Å². The van der Waals surface area contributed by atoms with Crippen LogP contribution in [0.1, 0.15) is 22.7 Å². The van der Waals surface area contributed by atoms with Crippen molar-refractivity contribution >= 4 is 15.7 Å². The average Bonchev–Trinajstić information content (AvgIpc) is 2.77. The zero-order chi connectivity index (χ0) is 14.3. The van der Waals surface area contributed by atoms with Crippen molar-refractivity contribution < 1.29 is 8.42 Å². The molecule has 4 heteroatoms. The molecule has 1 aliphatic heterocycles. The van der Waals surface area contributed by atoms with Crippen LogP contribution in [-0.4, -0.2) is 14.7 Å². The van der Waals surface area contributed by atoms with Gasteiger partial charge < -0.3 is 0 Å². The minimum Gasteiger partial charge on any atom is -0.262 e. The van der Waals surface area contributed by atoms with Crippen LogP contribution in [0.2, 0.25) is 0 Å². The van der Waals surface area contributed by atoms with E-state index in [-0.39, 0.29) is 6.04 Å². The number of hydrogen-bond acceptors (Lipinski definition) is 2. The highest BCUT2D eigenvalue weighted by Crippen LogP contribution is 2.41. The van der Waals surface area contributed by atoms with Crippen LogP contribution in [0.25, 0.3) is 0 Å². The van der Waals surface area contributed by atoms with E-state index in [4.69, 9.17) is 0 Å². The van der Waals surface area contributed by atoms with Crippen molar-refractivity contribution in [2.45, 2.75) is 19.4 Å². The molecule has 1 atom stereocenters. The van der Waals surface area contributed by atoms with Gasteiger partial charge in [-0.1, -0.05) is 48.0 Å². The van der Waals surface area contributed by atoms with Crippen LogP contribution in [0.15, 0.2) is 48.5 Å². The van der Waals surface area contributed by atoms with Gasteiger partial charge in [-0.25, -0.2) is 8.42 Å². The first-order chi connectivity index (χ1) is 9.47. The molecule has 1 heterocycles. The fraction of sp³-hybridized carbons (Fsp3) is 0.250. The van der Waals surface area contributed by atoms with Gasteiger partial charge in [-0.05, 0) is 24.1 Å². The third-order valence-corrected chi connectivity index (χ3v) is 4.88. The maximum atomic E-state index is 12.2. The molecule has 104 valence electrons. The van der Waals surface area contributed by atoms with Gasteiger partial charge in [-0.3, -0.25) is 4.31 Å². The number of aryl methyl sites for hydroxylation is 1. The van der Waals surface area contributed by atoms with Gasteiger partial charge >= 0.3 is 0 Å². The summed E-state index contributed by atoms with van der Waals surface area (Å²) in [6.07, 6.45) is 2.00. The van der Waals surface area contributed by atoms with E-state index >= 15 is 0 Å². The lowest BCUT2D eigenvalue weighted by Gasteiger charge is -2.25. The molecule has 0 spiro atoms. The molecule has 2 aromatic carbocycles. The molecular weight excluding hydrogens is 270 g/mol. The zero-order valence-electron chi connectivity index (χ0n) is 11.6. The number of hydrogen-bond donors (Lipinski definition) is 0. The van der Waals surface area contributed by atoms with Crippen molar-refractivity contribution in [3.63, 3.8) is 0 Å². The first-order valence-electron chi connectivity index (χ1n) is 6.61. The molecule has 1 aliphatic rings. The van der Waals surface area contributed by atoms with E-state index in [0.29, 0.717) is 0 Å². The van der Waals surface area contributed by atoms with Crippen LogP contribution >= 0.6 is 0 Å². The summed E-state index contributed by atoms with van der Waals surface area (Å²) in [4.78, 5) is 0. The van der Waals surface area contributed by atoms with Crippen molar-refractivity contribution in [1.82, 2.24) is 0 Å². The highest BCUT2D eigenvalue weighted by molar-refractivity contribution is 7.92. The Bertz CT molecular complexity index is 753. The summed E-state index contributed by atoms with van der Waals surface area (Å²) in [6.45, 7) is 2.02. The number of rotatable bonds is 2. The summed E-state index contributed by atoms with van der Waals surface area (Å²) in [5, 5.41) is 0. The Morgan fingerprint density at radius 3 is 2.55 bits per heavy atom. The maximum absolute atomic E-state index is 12.2. The third kappa shape index (κ3) is 2.20. The largest absolute Gasteiger partial charge is 0.262 e. The molecule has 0 aromatic heterocycles. The van der Waals surface area contributed by atoms with Crippen LogP contribution in [0, 0.1) is 6.92 Å². The minimum atomic E-state index is -3.29. The highest BCUT2D eigenvalue weighted by Gasteiger charge is 2.35. The summed E-state index contributed by atoms with van der Waals surface area (Å²) in [6, 6.07) is 15.7. The molecule has 0 bridgehead atoms. The van der Waals surface area contributed by atoms with E-state index < -0.39 is 10.0 Å². The van der Waals surface area contributed by atoms with Crippen molar-refractivity contribution in [1.29, 1.82) is 0 Å². The Balaban J connectivity index is 2.14. The number of sulfonamides is 1. The van der Waals surface area contributed by atoms with Crippen molar-refractivity contribution in [3.8, 4) is 0 Å². The predicted octanol–water partition coefficient (Wildman–Crippen LogP) is 3.06. The summed E-state index contributed by atoms with van der Waals surface area (Å²) in [5.41, 5.74) is 4.09. The molecule has 0 fully saturated rings. The normalized spacial score (nSPS) is 18.1. The van der Waals surface area contributed by atoms with E-state index in [2.05, 4.69) is 6.07 Å².